The lowest BCUT2D eigenvalue weighted by molar-refractivity contribution is -0.119. The average molecular weight is 274 g/mol. The van der Waals surface area contributed by atoms with Crippen molar-refractivity contribution in [2.75, 3.05) is 13.1 Å². The highest BCUT2D eigenvalue weighted by Gasteiger charge is 2.20. The number of aromatic nitrogens is 1. The summed E-state index contributed by atoms with van der Waals surface area (Å²) in [5.41, 5.74) is 0. The van der Waals surface area contributed by atoms with Crippen molar-refractivity contribution in [1.82, 2.24) is 15.2 Å². The van der Waals surface area contributed by atoms with Crippen molar-refractivity contribution in [1.29, 1.82) is 0 Å². The molecule has 1 aliphatic heterocycles. The Bertz CT molecular complexity index is 388. The standard InChI is InChI=1S/C11H16ClN3OS/c1-8(16)14-9-2-4-15(5-3-9)7-10-6-13-11(12)17-10/h6,9H,2-5,7H2,1H3,(H,14,16). The summed E-state index contributed by atoms with van der Waals surface area (Å²) in [6, 6.07) is 0.341. The van der Waals surface area contributed by atoms with E-state index in [9.17, 15) is 4.79 Å². The van der Waals surface area contributed by atoms with Crippen molar-refractivity contribution in [3.63, 3.8) is 0 Å². The second kappa shape index (κ2) is 5.80. The highest BCUT2D eigenvalue weighted by atomic mass is 35.5. The first kappa shape index (κ1) is 12.8. The van der Waals surface area contributed by atoms with Crippen LogP contribution in [0, 0.1) is 0 Å². The Kier molecular flexibility index (Phi) is 4.36. The molecule has 6 heteroatoms. The number of carbonyl (C=O) groups is 1. The van der Waals surface area contributed by atoms with Crippen molar-refractivity contribution >= 4 is 28.8 Å². The second-order valence-corrected chi connectivity index (χ2v) is 6.03. The second-order valence-electron chi connectivity index (χ2n) is 4.33. The minimum atomic E-state index is 0.0673. The number of nitrogens with zero attached hydrogens (tertiary/aromatic N) is 2. The SMILES string of the molecule is CC(=O)NC1CCN(Cc2cnc(Cl)s2)CC1. The third-order valence-electron chi connectivity index (χ3n) is 2.90. The number of amides is 1. The largest absolute Gasteiger partial charge is 0.354 e. The summed E-state index contributed by atoms with van der Waals surface area (Å²) in [6.07, 6.45) is 3.88. The molecule has 0 aromatic carbocycles. The summed E-state index contributed by atoms with van der Waals surface area (Å²) >= 11 is 7.34. The van der Waals surface area contributed by atoms with Crippen LogP contribution in [0.1, 0.15) is 24.6 Å². The molecular weight excluding hydrogens is 258 g/mol. The summed E-state index contributed by atoms with van der Waals surface area (Å²) in [4.78, 5) is 18.6. The van der Waals surface area contributed by atoms with Crippen molar-refractivity contribution in [2.24, 2.45) is 0 Å². The van der Waals surface area contributed by atoms with Crippen LogP contribution in [0.2, 0.25) is 4.47 Å². The fourth-order valence-corrected chi connectivity index (χ4v) is 3.12. The third kappa shape index (κ3) is 3.94. The number of hydrogen-bond acceptors (Lipinski definition) is 4. The van der Waals surface area contributed by atoms with Gasteiger partial charge < -0.3 is 5.32 Å². The molecule has 0 atom stereocenters. The predicted octanol–water partition coefficient (Wildman–Crippen LogP) is 1.90. The molecule has 0 aliphatic carbocycles. The molecule has 1 saturated heterocycles. The topological polar surface area (TPSA) is 45.2 Å². The Morgan fingerprint density at radius 3 is 2.88 bits per heavy atom. The number of nitrogens with one attached hydrogen (secondary N) is 1. The highest BCUT2D eigenvalue weighted by Crippen LogP contribution is 2.21. The van der Waals surface area contributed by atoms with Crippen LogP contribution >= 0.6 is 22.9 Å². The molecule has 0 bridgehead atoms. The number of likely N-dealkylation sites (tertiary alicyclic amines) is 1. The van der Waals surface area contributed by atoms with Crippen LogP contribution in [0.15, 0.2) is 6.20 Å². The van der Waals surface area contributed by atoms with Gasteiger partial charge in [-0.2, -0.15) is 0 Å². The molecule has 1 N–H and O–H groups in total. The maximum Gasteiger partial charge on any atom is 0.217 e. The van der Waals surface area contributed by atoms with Gasteiger partial charge in [0.1, 0.15) is 0 Å². The molecule has 1 aromatic rings. The molecule has 1 amide bonds. The van der Waals surface area contributed by atoms with Crippen LogP contribution in [-0.2, 0) is 11.3 Å². The third-order valence-corrected chi connectivity index (χ3v) is 4.00. The van der Waals surface area contributed by atoms with E-state index in [2.05, 4.69) is 15.2 Å². The first-order chi connectivity index (χ1) is 8.13. The van der Waals surface area contributed by atoms with Gasteiger partial charge in [-0.25, -0.2) is 4.98 Å². The maximum absolute atomic E-state index is 10.9. The molecule has 1 aromatic heterocycles. The lowest BCUT2D eigenvalue weighted by atomic mass is 10.1. The fourth-order valence-electron chi connectivity index (χ4n) is 2.10. The monoisotopic (exact) mass is 273 g/mol. The lowest BCUT2D eigenvalue weighted by Crippen LogP contribution is -2.43. The van der Waals surface area contributed by atoms with E-state index >= 15 is 0 Å². The fraction of sp³-hybridized carbons (Fsp3) is 0.636. The number of rotatable bonds is 3. The van der Waals surface area contributed by atoms with E-state index in [0.717, 1.165) is 32.5 Å². The van der Waals surface area contributed by atoms with Crippen LogP contribution in [0.5, 0.6) is 0 Å². The van der Waals surface area contributed by atoms with Gasteiger partial charge in [-0.1, -0.05) is 11.6 Å². The van der Waals surface area contributed by atoms with Gasteiger partial charge in [0, 0.05) is 43.7 Å². The highest BCUT2D eigenvalue weighted by molar-refractivity contribution is 7.15. The van der Waals surface area contributed by atoms with Gasteiger partial charge >= 0.3 is 0 Å². The molecule has 0 saturated carbocycles. The molecule has 1 aliphatic rings. The molecule has 0 unspecified atom stereocenters. The first-order valence-corrected chi connectivity index (χ1v) is 6.92. The van der Waals surface area contributed by atoms with Gasteiger partial charge in [-0.05, 0) is 12.8 Å². The number of hydrogen-bond donors (Lipinski definition) is 1. The van der Waals surface area contributed by atoms with Crippen LogP contribution in [0.4, 0.5) is 0 Å². The first-order valence-electron chi connectivity index (χ1n) is 5.73. The number of piperidine rings is 1. The van der Waals surface area contributed by atoms with E-state index < -0.39 is 0 Å². The zero-order valence-corrected chi connectivity index (χ0v) is 11.4. The number of halogens is 1. The van der Waals surface area contributed by atoms with Crippen molar-refractivity contribution in [3.8, 4) is 0 Å². The van der Waals surface area contributed by atoms with Crippen molar-refractivity contribution in [3.05, 3.63) is 15.5 Å². The van der Waals surface area contributed by atoms with Crippen molar-refractivity contribution < 1.29 is 4.79 Å². The number of carbonyl (C=O) groups excluding carboxylic acids is 1. The van der Waals surface area contributed by atoms with Gasteiger partial charge in [0.05, 0.1) is 0 Å². The molecule has 0 spiro atoms. The van der Waals surface area contributed by atoms with Gasteiger partial charge in [0.15, 0.2) is 4.47 Å². The summed E-state index contributed by atoms with van der Waals surface area (Å²) in [5.74, 6) is 0.0673. The van der Waals surface area contributed by atoms with E-state index in [0.29, 0.717) is 10.5 Å². The normalized spacial score (nSPS) is 18.2. The van der Waals surface area contributed by atoms with Crippen LogP contribution in [-0.4, -0.2) is 34.9 Å². The van der Waals surface area contributed by atoms with E-state index in [-0.39, 0.29) is 5.91 Å². The van der Waals surface area contributed by atoms with E-state index in [1.54, 1.807) is 6.92 Å². The van der Waals surface area contributed by atoms with E-state index in [4.69, 9.17) is 11.6 Å². The quantitative estimate of drug-likeness (QED) is 0.915. The molecular formula is C11H16ClN3OS. The number of thiazole rings is 1. The molecule has 1 fully saturated rings. The van der Waals surface area contributed by atoms with Crippen molar-refractivity contribution in [2.45, 2.75) is 32.4 Å². The van der Waals surface area contributed by atoms with Gasteiger partial charge in [0.2, 0.25) is 5.91 Å². The van der Waals surface area contributed by atoms with Gasteiger partial charge in [-0.3, -0.25) is 9.69 Å². The molecule has 0 radical (unpaired) electrons. The Morgan fingerprint density at radius 2 is 2.35 bits per heavy atom. The predicted molar refractivity (Wildman–Crippen MR) is 69.2 cm³/mol. The van der Waals surface area contributed by atoms with Crippen LogP contribution in [0.3, 0.4) is 0 Å². The Labute approximate surface area is 110 Å². The summed E-state index contributed by atoms with van der Waals surface area (Å²) in [6.45, 7) is 4.52. The molecule has 94 valence electrons. The maximum atomic E-state index is 10.9. The Morgan fingerprint density at radius 1 is 1.65 bits per heavy atom. The van der Waals surface area contributed by atoms with Crippen LogP contribution < -0.4 is 5.32 Å². The summed E-state index contributed by atoms with van der Waals surface area (Å²) < 4.78 is 0.605. The van der Waals surface area contributed by atoms with Gasteiger partial charge in [-0.15, -0.1) is 11.3 Å². The lowest BCUT2D eigenvalue weighted by Gasteiger charge is -2.31. The molecule has 4 nitrogen and oxygen atoms in total. The summed E-state index contributed by atoms with van der Waals surface area (Å²) in [5, 5.41) is 2.97. The Hall–Kier alpha value is -0.650. The average Bonchev–Trinajstić information content (AvgIpc) is 2.66. The van der Waals surface area contributed by atoms with E-state index in [1.807, 2.05) is 6.20 Å². The van der Waals surface area contributed by atoms with Gasteiger partial charge in [0.25, 0.3) is 0 Å². The molecule has 17 heavy (non-hydrogen) atoms. The minimum absolute atomic E-state index is 0.0673. The van der Waals surface area contributed by atoms with E-state index in [1.165, 1.54) is 16.2 Å². The van der Waals surface area contributed by atoms with Crippen LogP contribution in [0.25, 0.3) is 0 Å². The smallest absolute Gasteiger partial charge is 0.217 e. The molecule has 2 rings (SSSR count). The minimum Gasteiger partial charge on any atom is -0.354 e. The summed E-state index contributed by atoms with van der Waals surface area (Å²) in [7, 11) is 0. The zero-order valence-electron chi connectivity index (χ0n) is 9.78. The molecule has 2 heterocycles. The zero-order chi connectivity index (χ0) is 12.3. The Balaban J connectivity index is 1.77.